The summed E-state index contributed by atoms with van der Waals surface area (Å²) in [5, 5.41) is 4.07. The zero-order chi connectivity index (χ0) is 20.1. The standard InChI is InChI=1S/C22H21ClN2O3/c1-3-14(2)24-21(26)13-28-22(27)18-12-20(15-8-10-16(23)11-9-15)25-19-7-5-4-6-17(18)19/h4-12,14H,3,13H2,1-2H3,(H,24,26)/t14-/m1/s1. The third kappa shape index (κ3) is 4.67. The lowest BCUT2D eigenvalue weighted by atomic mass is 10.0. The maximum Gasteiger partial charge on any atom is 0.339 e. The van der Waals surface area contributed by atoms with Gasteiger partial charge < -0.3 is 10.1 Å². The van der Waals surface area contributed by atoms with Crippen LogP contribution in [0.5, 0.6) is 0 Å². The van der Waals surface area contributed by atoms with Gasteiger partial charge in [-0.1, -0.05) is 48.9 Å². The molecule has 0 saturated carbocycles. The molecule has 0 spiro atoms. The Hall–Kier alpha value is -2.92. The van der Waals surface area contributed by atoms with Crippen LogP contribution in [0.4, 0.5) is 0 Å². The molecule has 0 saturated heterocycles. The summed E-state index contributed by atoms with van der Waals surface area (Å²) in [5.41, 5.74) is 2.50. The molecule has 0 bridgehead atoms. The van der Waals surface area contributed by atoms with Crippen LogP contribution in [0, 0.1) is 0 Å². The van der Waals surface area contributed by atoms with Crippen molar-refractivity contribution < 1.29 is 14.3 Å². The maximum atomic E-state index is 12.7. The Bertz CT molecular complexity index is 1000. The summed E-state index contributed by atoms with van der Waals surface area (Å²) in [6.45, 7) is 3.54. The van der Waals surface area contributed by atoms with E-state index in [0.29, 0.717) is 27.2 Å². The van der Waals surface area contributed by atoms with Crippen molar-refractivity contribution in [1.82, 2.24) is 10.3 Å². The Balaban J connectivity index is 1.89. The average Bonchev–Trinajstić information content (AvgIpc) is 2.71. The number of fused-ring (bicyclic) bond motifs is 1. The van der Waals surface area contributed by atoms with E-state index in [2.05, 4.69) is 10.3 Å². The van der Waals surface area contributed by atoms with Crippen LogP contribution in [-0.4, -0.2) is 29.5 Å². The van der Waals surface area contributed by atoms with E-state index in [1.54, 1.807) is 18.2 Å². The van der Waals surface area contributed by atoms with Gasteiger partial charge in [-0.05, 0) is 37.6 Å². The first-order valence-corrected chi connectivity index (χ1v) is 9.48. The fourth-order valence-corrected chi connectivity index (χ4v) is 2.87. The van der Waals surface area contributed by atoms with Gasteiger partial charge in [-0.3, -0.25) is 4.79 Å². The van der Waals surface area contributed by atoms with E-state index in [1.165, 1.54) is 0 Å². The van der Waals surface area contributed by atoms with E-state index in [-0.39, 0.29) is 18.6 Å². The maximum absolute atomic E-state index is 12.7. The van der Waals surface area contributed by atoms with Crippen molar-refractivity contribution in [3.63, 3.8) is 0 Å². The molecule has 3 aromatic rings. The van der Waals surface area contributed by atoms with Gasteiger partial charge in [0.15, 0.2) is 6.61 Å². The fraction of sp³-hybridized carbons (Fsp3) is 0.227. The van der Waals surface area contributed by atoms with Crippen LogP contribution < -0.4 is 5.32 Å². The molecule has 0 unspecified atom stereocenters. The van der Waals surface area contributed by atoms with Crippen molar-refractivity contribution in [3.8, 4) is 11.3 Å². The highest BCUT2D eigenvalue weighted by atomic mass is 35.5. The predicted molar refractivity (Wildman–Crippen MR) is 110 cm³/mol. The number of aromatic nitrogens is 1. The summed E-state index contributed by atoms with van der Waals surface area (Å²) >= 11 is 5.96. The molecule has 0 aliphatic carbocycles. The van der Waals surface area contributed by atoms with Gasteiger partial charge in [0.2, 0.25) is 0 Å². The summed E-state index contributed by atoms with van der Waals surface area (Å²) in [4.78, 5) is 29.3. The van der Waals surface area contributed by atoms with Gasteiger partial charge in [-0.15, -0.1) is 0 Å². The SMILES string of the molecule is CC[C@@H](C)NC(=O)COC(=O)c1cc(-c2ccc(Cl)cc2)nc2ccccc12. The van der Waals surface area contributed by atoms with Gasteiger partial charge >= 0.3 is 5.97 Å². The third-order valence-electron chi connectivity index (χ3n) is 4.43. The number of ether oxygens (including phenoxy) is 1. The molecule has 3 rings (SSSR count). The summed E-state index contributed by atoms with van der Waals surface area (Å²) in [6.07, 6.45) is 0.805. The van der Waals surface area contributed by atoms with Crippen molar-refractivity contribution in [2.24, 2.45) is 0 Å². The summed E-state index contributed by atoms with van der Waals surface area (Å²) in [7, 11) is 0. The molecule has 1 N–H and O–H groups in total. The Kier molecular flexibility index (Phi) is 6.26. The Morgan fingerprint density at radius 2 is 1.86 bits per heavy atom. The molecule has 0 aliphatic rings. The van der Waals surface area contributed by atoms with Gasteiger partial charge in [0, 0.05) is 22.0 Å². The number of rotatable bonds is 6. The highest BCUT2D eigenvalue weighted by molar-refractivity contribution is 6.30. The molecule has 1 atom stereocenters. The summed E-state index contributed by atoms with van der Waals surface area (Å²) < 4.78 is 5.25. The smallest absolute Gasteiger partial charge is 0.339 e. The first kappa shape index (κ1) is 19.8. The highest BCUT2D eigenvalue weighted by Gasteiger charge is 2.17. The molecular weight excluding hydrogens is 376 g/mol. The fourth-order valence-electron chi connectivity index (χ4n) is 2.74. The predicted octanol–water partition coefficient (Wildman–Crippen LogP) is 4.63. The van der Waals surface area contributed by atoms with Gasteiger partial charge in [0.1, 0.15) is 0 Å². The van der Waals surface area contributed by atoms with Crippen LogP contribution in [0.2, 0.25) is 5.02 Å². The average molecular weight is 397 g/mol. The van der Waals surface area contributed by atoms with Crippen LogP contribution >= 0.6 is 11.6 Å². The first-order chi connectivity index (χ1) is 13.5. The number of amides is 1. The number of carbonyl (C=O) groups is 2. The zero-order valence-corrected chi connectivity index (χ0v) is 16.5. The number of esters is 1. The van der Waals surface area contributed by atoms with Crippen LogP contribution in [0.3, 0.4) is 0 Å². The van der Waals surface area contributed by atoms with E-state index in [0.717, 1.165) is 12.0 Å². The number of benzene rings is 2. The molecule has 0 radical (unpaired) electrons. The minimum atomic E-state index is -0.562. The summed E-state index contributed by atoms with van der Waals surface area (Å²) in [5.74, 6) is -0.882. The van der Waals surface area contributed by atoms with Crippen molar-refractivity contribution in [1.29, 1.82) is 0 Å². The number of pyridine rings is 1. The monoisotopic (exact) mass is 396 g/mol. The van der Waals surface area contributed by atoms with E-state index < -0.39 is 5.97 Å². The van der Waals surface area contributed by atoms with Gasteiger partial charge in [0.05, 0.1) is 16.8 Å². The number of nitrogens with zero attached hydrogens (tertiary/aromatic N) is 1. The van der Waals surface area contributed by atoms with Crippen molar-refractivity contribution >= 4 is 34.4 Å². The lowest BCUT2D eigenvalue weighted by Gasteiger charge is -2.12. The molecule has 0 aliphatic heterocycles. The van der Waals surface area contributed by atoms with Gasteiger partial charge in [-0.25, -0.2) is 9.78 Å². The quantitative estimate of drug-likeness (QED) is 0.617. The minimum absolute atomic E-state index is 0.0319. The highest BCUT2D eigenvalue weighted by Crippen LogP contribution is 2.26. The van der Waals surface area contributed by atoms with Crippen LogP contribution in [0.15, 0.2) is 54.6 Å². The zero-order valence-electron chi connectivity index (χ0n) is 15.7. The molecule has 2 aromatic carbocycles. The normalized spacial score (nSPS) is 11.8. The van der Waals surface area contributed by atoms with E-state index >= 15 is 0 Å². The topological polar surface area (TPSA) is 68.3 Å². The second-order valence-electron chi connectivity index (χ2n) is 6.53. The Morgan fingerprint density at radius 1 is 1.14 bits per heavy atom. The van der Waals surface area contributed by atoms with Crippen molar-refractivity contribution in [3.05, 3.63) is 65.2 Å². The second kappa shape index (κ2) is 8.85. The molecule has 0 fully saturated rings. The van der Waals surface area contributed by atoms with Gasteiger partial charge in [0.25, 0.3) is 5.91 Å². The second-order valence-corrected chi connectivity index (χ2v) is 6.97. The van der Waals surface area contributed by atoms with Crippen LogP contribution in [0.1, 0.15) is 30.6 Å². The number of hydrogen-bond donors (Lipinski definition) is 1. The van der Waals surface area contributed by atoms with Crippen LogP contribution in [0.25, 0.3) is 22.2 Å². The lowest BCUT2D eigenvalue weighted by molar-refractivity contribution is -0.124. The molecular formula is C22H21ClN2O3. The molecule has 1 amide bonds. The van der Waals surface area contributed by atoms with E-state index in [9.17, 15) is 9.59 Å². The molecule has 1 aromatic heterocycles. The largest absolute Gasteiger partial charge is 0.452 e. The first-order valence-electron chi connectivity index (χ1n) is 9.10. The molecule has 144 valence electrons. The molecule has 28 heavy (non-hydrogen) atoms. The lowest BCUT2D eigenvalue weighted by Crippen LogP contribution is -2.35. The van der Waals surface area contributed by atoms with Crippen LogP contribution in [-0.2, 0) is 9.53 Å². The Morgan fingerprint density at radius 3 is 2.57 bits per heavy atom. The summed E-state index contributed by atoms with van der Waals surface area (Å²) in [6, 6.07) is 16.3. The van der Waals surface area contributed by atoms with Crippen molar-refractivity contribution in [2.75, 3.05) is 6.61 Å². The van der Waals surface area contributed by atoms with E-state index in [1.807, 2.05) is 50.2 Å². The number of hydrogen-bond acceptors (Lipinski definition) is 4. The number of halogens is 1. The van der Waals surface area contributed by atoms with E-state index in [4.69, 9.17) is 16.3 Å². The van der Waals surface area contributed by atoms with Crippen molar-refractivity contribution in [2.45, 2.75) is 26.3 Å². The molecule has 1 heterocycles. The third-order valence-corrected chi connectivity index (χ3v) is 4.68. The number of para-hydroxylation sites is 1. The Labute approximate surface area is 168 Å². The number of carbonyl (C=O) groups excluding carboxylic acids is 2. The molecule has 5 nitrogen and oxygen atoms in total. The van der Waals surface area contributed by atoms with Gasteiger partial charge in [-0.2, -0.15) is 0 Å². The molecule has 6 heteroatoms. The number of nitrogens with one attached hydrogen (secondary N) is 1. The minimum Gasteiger partial charge on any atom is -0.452 e.